The molecule has 1 rings (SSSR count). The summed E-state index contributed by atoms with van der Waals surface area (Å²) in [6.07, 6.45) is 8.16. The lowest BCUT2D eigenvalue weighted by atomic mass is 10.3. The molecule has 0 radical (unpaired) electrons. The van der Waals surface area contributed by atoms with Gasteiger partial charge in [0.25, 0.3) is 0 Å². The Bertz CT molecular complexity index is 186. The zero-order valence-electron chi connectivity index (χ0n) is 4.97. The molecule has 0 aromatic carbocycles. The van der Waals surface area contributed by atoms with Crippen LogP contribution in [-0.4, -0.2) is 0 Å². The van der Waals surface area contributed by atoms with Crippen molar-refractivity contribution in [2.45, 2.75) is 6.42 Å². The van der Waals surface area contributed by atoms with E-state index in [0.29, 0.717) is 0 Å². The van der Waals surface area contributed by atoms with E-state index >= 15 is 0 Å². The van der Waals surface area contributed by atoms with Crippen LogP contribution in [0, 0.1) is 0 Å². The van der Waals surface area contributed by atoms with Gasteiger partial charge >= 0.3 is 0 Å². The second-order valence-corrected chi connectivity index (χ2v) is 2.37. The SMILES string of the molecule is NC1=CCC(Cl)=CC=C1. The van der Waals surface area contributed by atoms with Crippen LogP contribution in [0.15, 0.2) is 35.0 Å². The summed E-state index contributed by atoms with van der Waals surface area (Å²) >= 11 is 5.70. The zero-order valence-corrected chi connectivity index (χ0v) is 5.73. The van der Waals surface area contributed by atoms with Crippen LogP contribution in [0.25, 0.3) is 0 Å². The Labute approximate surface area is 59.5 Å². The summed E-state index contributed by atoms with van der Waals surface area (Å²) in [6.45, 7) is 0. The van der Waals surface area contributed by atoms with Gasteiger partial charge in [0.1, 0.15) is 0 Å². The predicted octanol–water partition coefficient (Wildman–Crippen LogP) is 1.91. The Hall–Kier alpha value is -0.690. The van der Waals surface area contributed by atoms with E-state index in [1.54, 1.807) is 0 Å². The van der Waals surface area contributed by atoms with Crippen molar-refractivity contribution in [3.8, 4) is 0 Å². The Kier molecular flexibility index (Phi) is 1.96. The zero-order chi connectivity index (χ0) is 6.69. The standard InChI is InChI=1S/C7H8ClN/c8-6-2-1-3-7(9)5-4-6/h1-3,5H,4,9H2. The van der Waals surface area contributed by atoms with Crippen molar-refractivity contribution in [1.82, 2.24) is 0 Å². The molecular weight excluding hydrogens is 134 g/mol. The molecule has 0 unspecified atom stereocenters. The third kappa shape index (κ3) is 1.94. The van der Waals surface area contributed by atoms with Crippen molar-refractivity contribution in [3.05, 3.63) is 35.0 Å². The van der Waals surface area contributed by atoms with Gasteiger partial charge in [-0.05, 0) is 12.2 Å². The molecule has 0 aromatic rings. The molecule has 0 aromatic heterocycles. The fraction of sp³-hybridized carbons (Fsp3) is 0.143. The quantitative estimate of drug-likeness (QED) is 0.548. The average Bonchev–Trinajstić information content (AvgIpc) is 1.97. The minimum Gasteiger partial charge on any atom is -0.399 e. The summed E-state index contributed by atoms with van der Waals surface area (Å²) in [5, 5.41) is 0.826. The molecule has 9 heavy (non-hydrogen) atoms. The van der Waals surface area contributed by atoms with E-state index in [2.05, 4.69) is 0 Å². The van der Waals surface area contributed by atoms with Crippen LogP contribution in [0.4, 0.5) is 0 Å². The first-order valence-electron chi connectivity index (χ1n) is 2.77. The summed E-state index contributed by atoms with van der Waals surface area (Å²) in [5.41, 5.74) is 6.26. The minimum atomic E-state index is 0.750. The fourth-order valence-electron chi connectivity index (χ4n) is 0.615. The van der Waals surface area contributed by atoms with E-state index in [0.717, 1.165) is 17.2 Å². The number of rotatable bonds is 0. The highest BCUT2D eigenvalue weighted by Gasteiger charge is 1.91. The first kappa shape index (κ1) is 6.43. The number of nitrogens with two attached hydrogens (primary N) is 1. The molecular formula is C7H8ClN. The number of allylic oxidation sites excluding steroid dienone is 5. The van der Waals surface area contributed by atoms with Gasteiger partial charge in [0.05, 0.1) is 0 Å². The summed E-state index contributed by atoms with van der Waals surface area (Å²) in [7, 11) is 0. The molecule has 0 spiro atoms. The van der Waals surface area contributed by atoms with E-state index in [1.807, 2.05) is 24.3 Å². The molecule has 48 valence electrons. The lowest BCUT2D eigenvalue weighted by Gasteiger charge is -1.87. The van der Waals surface area contributed by atoms with Gasteiger partial charge in [-0.1, -0.05) is 23.8 Å². The highest BCUT2D eigenvalue weighted by atomic mass is 35.5. The van der Waals surface area contributed by atoms with E-state index < -0.39 is 0 Å². The summed E-state index contributed by atoms with van der Waals surface area (Å²) < 4.78 is 0. The maximum atomic E-state index is 5.70. The Balaban J connectivity index is 2.75. The number of hydrogen-bond donors (Lipinski definition) is 1. The molecule has 0 fully saturated rings. The van der Waals surface area contributed by atoms with Gasteiger partial charge in [-0.2, -0.15) is 0 Å². The molecule has 0 bridgehead atoms. The van der Waals surface area contributed by atoms with Crippen LogP contribution < -0.4 is 5.73 Å². The smallest absolute Gasteiger partial charge is 0.0277 e. The van der Waals surface area contributed by atoms with Crippen molar-refractivity contribution in [2.24, 2.45) is 5.73 Å². The first-order valence-corrected chi connectivity index (χ1v) is 3.15. The van der Waals surface area contributed by atoms with E-state index in [9.17, 15) is 0 Å². The van der Waals surface area contributed by atoms with Crippen molar-refractivity contribution in [2.75, 3.05) is 0 Å². The first-order chi connectivity index (χ1) is 4.29. The number of hydrogen-bond acceptors (Lipinski definition) is 1. The maximum absolute atomic E-state index is 5.70. The van der Waals surface area contributed by atoms with Gasteiger partial charge in [0, 0.05) is 17.2 Å². The lowest BCUT2D eigenvalue weighted by Crippen LogP contribution is -1.90. The van der Waals surface area contributed by atoms with Gasteiger partial charge in [-0.3, -0.25) is 0 Å². The molecule has 0 saturated carbocycles. The van der Waals surface area contributed by atoms with Crippen molar-refractivity contribution in [1.29, 1.82) is 0 Å². The Morgan fingerprint density at radius 2 is 2.33 bits per heavy atom. The van der Waals surface area contributed by atoms with Gasteiger partial charge in [0.2, 0.25) is 0 Å². The number of halogens is 1. The molecule has 0 atom stereocenters. The van der Waals surface area contributed by atoms with Crippen molar-refractivity contribution >= 4 is 11.6 Å². The summed E-state index contributed by atoms with van der Waals surface area (Å²) in [5.74, 6) is 0. The van der Waals surface area contributed by atoms with Gasteiger partial charge < -0.3 is 5.73 Å². The Morgan fingerprint density at radius 3 is 3.11 bits per heavy atom. The van der Waals surface area contributed by atoms with Gasteiger partial charge in [0.15, 0.2) is 0 Å². The van der Waals surface area contributed by atoms with Crippen LogP contribution in [-0.2, 0) is 0 Å². The van der Waals surface area contributed by atoms with Crippen LogP contribution in [0.5, 0.6) is 0 Å². The second-order valence-electron chi connectivity index (χ2n) is 1.88. The van der Waals surface area contributed by atoms with Crippen LogP contribution in [0.3, 0.4) is 0 Å². The molecule has 0 saturated heterocycles. The summed E-state index contributed by atoms with van der Waals surface area (Å²) in [4.78, 5) is 0. The van der Waals surface area contributed by atoms with Crippen LogP contribution in [0.1, 0.15) is 6.42 Å². The van der Waals surface area contributed by atoms with Crippen LogP contribution >= 0.6 is 11.6 Å². The largest absolute Gasteiger partial charge is 0.399 e. The highest BCUT2D eigenvalue weighted by molar-refractivity contribution is 6.29. The van der Waals surface area contributed by atoms with E-state index in [4.69, 9.17) is 17.3 Å². The second kappa shape index (κ2) is 2.74. The predicted molar refractivity (Wildman–Crippen MR) is 40.0 cm³/mol. The lowest BCUT2D eigenvalue weighted by molar-refractivity contribution is 1.29. The van der Waals surface area contributed by atoms with E-state index in [1.165, 1.54) is 0 Å². The third-order valence-electron chi connectivity index (χ3n) is 1.10. The monoisotopic (exact) mass is 141 g/mol. The highest BCUT2D eigenvalue weighted by Crippen LogP contribution is 2.11. The minimum absolute atomic E-state index is 0.750. The molecule has 0 aliphatic heterocycles. The average molecular weight is 142 g/mol. The molecule has 1 nitrogen and oxygen atoms in total. The van der Waals surface area contributed by atoms with Gasteiger partial charge in [-0.15, -0.1) is 0 Å². The molecule has 1 aliphatic rings. The molecule has 0 heterocycles. The topological polar surface area (TPSA) is 26.0 Å². The van der Waals surface area contributed by atoms with Crippen LogP contribution in [0.2, 0.25) is 0 Å². The van der Waals surface area contributed by atoms with Crippen molar-refractivity contribution in [3.63, 3.8) is 0 Å². The molecule has 0 amide bonds. The molecule has 2 N–H and O–H groups in total. The Morgan fingerprint density at radius 1 is 1.56 bits per heavy atom. The fourth-order valence-corrected chi connectivity index (χ4v) is 0.765. The normalized spacial score (nSPS) is 18.3. The van der Waals surface area contributed by atoms with Crippen molar-refractivity contribution < 1.29 is 0 Å². The third-order valence-corrected chi connectivity index (χ3v) is 1.38. The molecule has 1 aliphatic carbocycles. The molecule has 2 heteroatoms. The van der Waals surface area contributed by atoms with E-state index in [-0.39, 0.29) is 0 Å². The van der Waals surface area contributed by atoms with Gasteiger partial charge in [-0.25, -0.2) is 0 Å². The summed E-state index contributed by atoms with van der Waals surface area (Å²) in [6, 6.07) is 0. The maximum Gasteiger partial charge on any atom is 0.0277 e.